The van der Waals surface area contributed by atoms with Crippen molar-refractivity contribution < 1.29 is 0 Å². The van der Waals surface area contributed by atoms with Crippen molar-refractivity contribution in [3.63, 3.8) is 0 Å². The van der Waals surface area contributed by atoms with Crippen LogP contribution >= 0.6 is 27.7 Å². The van der Waals surface area contributed by atoms with Crippen molar-refractivity contribution in [1.82, 2.24) is 9.97 Å². The van der Waals surface area contributed by atoms with E-state index in [1.165, 1.54) is 0 Å². The molecule has 3 nitrogen and oxygen atoms in total. The number of nitrogens with one attached hydrogen (secondary N) is 1. The lowest BCUT2D eigenvalue weighted by Gasteiger charge is -2.04. The minimum absolute atomic E-state index is 0.703. The summed E-state index contributed by atoms with van der Waals surface area (Å²) in [5.41, 5.74) is 0. The van der Waals surface area contributed by atoms with Gasteiger partial charge in [-0.15, -0.1) is 11.8 Å². The highest BCUT2D eigenvalue weighted by molar-refractivity contribution is 9.10. The molecule has 0 aliphatic carbocycles. The van der Waals surface area contributed by atoms with E-state index in [9.17, 15) is 0 Å². The smallest absolute Gasteiger partial charge is 0.223 e. The summed E-state index contributed by atoms with van der Waals surface area (Å²) in [5.74, 6) is 0.703. The molecule has 72 valence electrons. The topological polar surface area (TPSA) is 37.8 Å². The second-order valence-electron chi connectivity index (χ2n) is 2.48. The average molecular weight is 262 g/mol. The summed E-state index contributed by atoms with van der Waals surface area (Å²) in [6.07, 6.45) is 4.85. The summed E-state index contributed by atoms with van der Waals surface area (Å²) >= 11 is 4.99. The number of halogens is 1. The number of aromatic nitrogens is 2. The minimum atomic E-state index is 0.703. The maximum absolute atomic E-state index is 4.32. The number of rotatable bonds is 4. The lowest BCUT2D eigenvalue weighted by atomic mass is 10.5. The third-order valence-corrected chi connectivity index (χ3v) is 2.98. The summed E-state index contributed by atoms with van der Waals surface area (Å²) in [5, 5.41) is 4.11. The van der Waals surface area contributed by atoms with Gasteiger partial charge in [0.25, 0.3) is 0 Å². The van der Waals surface area contributed by atoms with Gasteiger partial charge in [0.15, 0.2) is 0 Å². The molecule has 0 amide bonds. The zero-order chi connectivity index (χ0) is 9.68. The number of hydrogen-bond donors (Lipinski definition) is 1. The molecule has 13 heavy (non-hydrogen) atoms. The maximum Gasteiger partial charge on any atom is 0.223 e. The lowest BCUT2D eigenvalue weighted by molar-refractivity contribution is 0.931. The molecule has 1 rings (SSSR count). The van der Waals surface area contributed by atoms with Gasteiger partial charge in [0.05, 0.1) is 4.47 Å². The molecule has 5 heteroatoms. The van der Waals surface area contributed by atoms with Crippen molar-refractivity contribution >= 4 is 33.6 Å². The molecule has 0 radical (unpaired) electrons. The van der Waals surface area contributed by atoms with Crippen LogP contribution in [0.25, 0.3) is 0 Å². The van der Waals surface area contributed by atoms with Crippen LogP contribution < -0.4 is 5.32 Å². The predicted molar refractivity (Wildman–Crippen MR) is 60.3 cm³/mol. The Hall–Kier alpha value is -0.290. The van der Waals surface area contributed by atoms with Crippen LogP contribution in [-0.2, 0) is 0 Å². The molecule has 0 unspecified atom stereocenters. The SMILES string of the molecule is CCCNc1ncc(Br)c(SC)n1. The first-order valence-electron chi connectivity index (χ1n) is 4.08. The number of thioether (sulfide) groups is 1. The number of hydrogen-bond acceptors (Lipinski definition) is 4. The molecule has 1 N–H and O–H groups in total. The van der Waals surface area contributed by atoms with Crippen LogP contribution in [-0.4, -0.2) is 22.8 Å². The molecule has 0 spiro atoms. The Morgan fingerprint density at radius 1 is 1.62 bits per heavy atom. The Morgan fingerprint density at radius 2 is 2.38 bits per heavy atom. The van der Waals surface area contributed by atoms with Crippen molar-refractivity contribution in [3.8, 4) is 0 Å². The van der Waals surface area contributed by atoms with Gasteiger partial charge < -0.3 is 5.32 Å². The Labute approximate surface area is 90.9 Å². The van der Waals surface area contributed by atoms with Gasteiger partial charge in [-0.3, -0.25) is 0 Å². The molecular formula is C8H12BrN3S. The highest BCUT2D eigenvalue weighted by Crippen LogP contribution is 2.23. The van der Waals surface area contributed by atoms with Crippen LogP contribution in [0, 0.1) is 0 Å². The normalized spacial score (nSPS) is 10.1. The first-order chi connectivity index (χ1) is 6.27. The van der Waals surface area contributed by atoms with Gasteiger partial charge in [-0.2, -0.15) is 0 Å². The quantitative estimate of drug-likeness (QED) is 0.668. The van der Waals surface area contributed by atoms with E-state index in [-0.39, 0.29) is 0 Å². The van der Waals surface area contributed by atoms with E-state index in [0.717, 1.165) is 22.5 Å². The van der Waals surface area contributed by atoms with Crippen molar-refractivity contribution in [2.75, 3.05) is 18.1 Å². The second-order valence-corrected chi connectivity index (χ2v) is 4.13. The van der Waals surface area contributed by atoms with Gasteiger partial charge in [-0.05, 0) is 28.6 Å². The summed E-state index contributed by atoms with van der Waals surface area (Å²) in [6, 6.07) is 0. The van der Waals surface area contributed by atoms with Gasteiger partial charge in [-0.1, -0.05) is 6.92 Å². The van der Waals surface area contributed by atoms with Crippen LogP contribution in [0.15, 0.2) is 15.7 Å². The van der Waals surface area contributed by atoms with Gasteiger partial charge in [-0.25, -0.2) is 9.97 Å². The summed E-state index contributed by atoms with van der Waals surface area (Å²) in [4.78, 5) is 8.46. The molecular weight excluding hydrogens is 250 g/mol. The van der Waals surface area contributed by atoms with E-state index >= 15 is 0 Å². The first-order valence-corrected chi connectivity index (χ1v) is 6.10. The fourth-order valence-electron chi connectivity index (χ4n) is 0.817. The Bertz CT molecular complexity index is 280. The third-order valence-electron chi connectivity index (χ3n) is 1.44. The average Bonchev–Trinajstić information content (AvgIpc) is 2.16. The van der Waals surface area contributed by atoms with Gasteiger partial charge >= 0.3 is 0 Å². The standard InChI is InChI=1S/C8H12BrN3S/c1-3-4-10-8-11-5-6(9)7(12-8)13-2/h5H,3-4H2,1-2H3,(H,10,11,12). The van der Waals surface area contributed by atoms with E-state index in [0.29, 0.717) is 5.95 Å². The lowest BCUT2D eigenvalue weighted by Crippen LogP contribution is -2.04. The summed E-state index contributed by atoms with van der Waals surface area (Å²) in [7, 11) is 0. The predicted octanol–water partition coefficient (Wildman–Crippen LogP) is 2.78. The van der Waals surface area contributed by atoms with Crippen molar-refractivity contribution in [1.29, 1.82) is 0 Å². The van der Waals surface area contributed by atoms with Gasteiger partial charge in [0, 0.05) is 12.7 Å². The largest absolute Gasteiger partial charge is 0.354 e. The van der Waals surface area contributed by atoms with E-state index in [1.807, 2.05) is 6.26 Å². The summed E-state index contributed by atoms with van der Waals surface area (Å²) in [6.45, 7) is 3.02. The number of nitrogens with zero attached hydrogens (tertiary/aromatic N) is 2. The van der Waals surface area contributed by atoms with Gasteiger partial charge in [0.2, 0.25) is 5.95 Å². The minimum Gasteiger partial charge on any atom is -0.354 e. The zero-order valence-electron chi connectivity index (χ0n) is 7.67. The van der Waals surface area contributed by atoms with E-state index in [2.05, 4.69) is 38.1 Å². The molecule has 1 heterocycles. The van der Waals surface area contributed by atoms with E-state index < -0.39 is 0 Å². The van der Waals surface area contributed by atoms with Crippen molar-refractivity contribution in [2.45, 2.75) is 18.4 Å². The van der Waals surface area contributed by atoms with E-state index in [1.54, 1.807) is 18.0 Å². The Balaban J connectivity index is 2.74. The second kappa shape index (κ2) is 5.44. The van der Waals surface area contributed by atoms with Crippen LogP contribution in [0.2, 0.25) is 0 Å². The molecule has 0 aliphatic rings. The molecule has 0 aliphatic heterocycles. The fraction of sp³-hybridized carbons (Fsp3) is 0.500. The molecule has 0 saturated heterocycles. The van der Waals surface area contributed by atoms with Crippen molar-refractivity contribution in [2.24, 2.45) is 0 Å². The fourth-order valence-corrected chi connectivity index (χ4v) is 1.92. The molecule has 1 aromatic rings. The third kappa shape index (κ3) is 3.15. The summed E-state index contributed by atoms with van der Waals surface area (Å²) < 4.78 is 0.946. The first kappa shape index (κ1) is 10.8. The Kier molecular flexibility index (Phi) is 4.52. The Morgan fingerprint density at radius 3 is 3.00 bits per heavy atom. The highest BCUT2D eigenvalue weighted by Gasteiger charge is 2.02. The van der Waals surface area contributed by atoms with Crippen LogP contribution in [0.1, 0.15) is 13.3 Å². The van der Waals surface area contributed by atoms with Crippen LogP contribution in [0.4, 0.5) is 5.95 Å². The zero-order valence-corrected chi connectivity index (χ0v) is 10.1. The molecule has 0 bridgehead atoms. The molecule has 0 aromatic carbocycles. The monoisotopic (exact) mass is 261 g/mol. The number of anilines is 1. The van der Waals surface area contributed by atoms with E-state index in [4.69, 9.17) is 0 Å². The molecule has 0 saturated carbocycles. The highest BCUT2D eigenvalue weighted by atomic mass is 79.9. The maximum atomic E-state index is 4.32. The van der Waals surface area contributed by atoms with Crippen LogP contribution in [0.5, 0.6) is 0 Å². The van der Waals surface area contributed by atoms with Crippen molar-refractivity contribution in [3.05, 3.63) is 10.7 Å². The van der Waals surface area contributed by atoms with Gasteiger partial charge in [0.1, 0.15) is 5.03 Å². The van der Waals surface area contributed by atoms with Crippen LogP contribution in [0.3, 0.4) is 0 Å². The molecule has 0 fully saturated rings. The molecule has 0 atom stereocenters. The molecule has 1 aromatic heterocycles.